The topological polar surface area (TPSA) is 111 Å². The molecule has 2 aromatic heterocycles. The predicted molar refractivity (Wildman–Crippen MR) is 83.4 cm³/mol. The maximum atomic E-state index is 12.0. The molecule has 0 atom stereocenters. The Labute approximate surface area is 135 Å². The van der Waals surface area contributed by atoms with Crippen LogP contribution in [-0.2, 0) is 9.53 Å². The van der Waals surface area contributed by atoms with Gasteiger partial charge >= 0.3 is 11.6 Å². The smallest absolute Gasteiger partial charge is 0.351 e. The van der Waals surface area contributed by atoms with E-state index in [0.29, 0.717) is 11.0 Å². The van der Waals surface area contributed by atoms with Crippen LogP contribution in [0.15, 0.2) is 58.0 Å². The fraction of sp³-hybridized carbons (Fsp3) is 0.0625. The van der Waals surface area contributed by atoms with Crippen molar-refractivity contribution < 1.29 is 18.7 Å². The second kappa shape index (κ2) is 6.69. The lowest BCUT2D eigenvalue weighted by molar-refractivity contribution is -0.119. The van der Waals surface area contributed by atoms with Gasteiger partial charge in [0, 0.05) is 17.8 Å². The number of carbonyl (C=O) groups excluding carboxylic acids is 2. The van der Waals surface area contributed by atoms with Crippen molar-refractivity contribution in [3.05, 3.63) is 64.8 Å². The number of ether oxygens (including phenoxy) is 1. The van der Waals surface area contributed by atoms with Crippen LogP contribution in [0.1, 0.15) is 10.4 Å². The number of nitrogens with one attached hydrogen (secondary N) is 1. The van der Waals surface area contributed by atoms with E-state index in [2.05, 4.69) is 15.3 Å². The lowest BCUT2D eigenvalue weighted by atomic mass is 10.2. The van der Waals surface area contributed by atoms with Crippen LogP contribution in [0.25, 0.3) is 11.0 Å². The molecule has 8 nitrogen and oxygen atoms in total. The highest BCUT2D eigenvalue weighted by Crippen LogP contribution is 2.13. The number of aromatic nitrogens is 2. The van der Waals surface area contributed by atoms with Gasteiger partial charge in [0.15, 0.2) is 6.61 Å². The zero-order chi connectivity index (χ0) is 16.9. The molecule has 0 saturated heterocycles. The Morgan fingerprint density at radius 2 is 1.88 bits per heavy atom. The number of benzene rings is 1. The van der Waals surface area contributed by atoms with Crippen molar-refractivity contribution in [3.63, 3.8) is 0 Å². The van der Waals surface area contributed by atoms with Crippen molar-refractivity contribution in [1.29, 1.82) is 0 Å². The Hall–Kier alpha value is -3.55. The van der Waals surface area contributed by atoms with Crippen molar-refractivity contribution in [2.75, 3.05) is 11.9 Å². The molecule has 8 heteroatoms. The van der Waals surface area contributed by atoms with Gasteiger partial charge in [0.1, 0.15) is 11.1 Å². The number of esters is 1. The molecule has 3 rings (SSSR count). The Bertz CT molecular complexity index is 953. The molecular weight excluding hydrogens is 314 g/mol. The lowest BCUT2D eigenvalue weighted by Gasteiger charge is -2.05. The van der Waals surface area contributed by atoms with Crippen LogP contribution >= 0.6 is 0 Å². The van der Waals surface area contributed by atoms with E-state index in [1.807, 2.05) is 0 Å². The van der Waals surface area contributed by atoms with E-state index in [1.54, 1.807) is 30.3 Å². The Balaban J connectivity index is 1.68. The normalized spacial score (nSPS) is 10.3. The van der Waals surface area contributed by atoms with Crippen LogP contribution in [0.4, 0.5) is 5.95 Å². The van der Waals surface area contributed by atoms with Gasteiger partial charge in [-0.3, -0.25) is 10.1 Å². The van der Waals surface area contributed by atoms with Gasteiger partial charge in [-0.25, -0.2) is 19.6 Å². The summed E-state index contributed by atoms with van der Waals surface area (Å²) >= 11 is 0. The molecule has 0 aliphatic heterocycles. The highest BCUT2D eigenvalue weighted by molar-refractivity contribution is 5.96. The summed E-state index contributed by atoms with van der Waals surface area (Å²) in [6.07, 6.45) is 2.91. The Morgan fingerprint density at radius 3 is 2.67 bits per heavy atom. The standard InChI is InChI=1S/C16H11N3O5/c20-13(19-16-17-6-3-7-18-16)9-23-14(21)11-8-10-4-1-2-5-12(10)24-15(11)22/h1-8H,9H2,(H,17,18,19,20). The summed E-state index contributed by atoms with van der Waals surface area (Å²) in [6.45, 7) is -0.580. The third-order valence-corrected chi connectivity index (χ3v) is 3.01. The van der Waals surface area contributed by atoms with E-state index in [1.165, 1.54) is 18.5 Å². The first kappa shape index (κ1) is 15.3. The zero-order valence-corrected chi connectivity index (χ0v) is 12.3. The van der Waals surface area contributed by atoms with Gasteiger partial charge < -0.3 is 9.15 Å². The summed E-state index contributed by atoms with van der Waals surface area (Å²) in [7, 11) is 0. The molecule has 0 aliphatic carbocycles. The molecular formula is C16H11N3O5. The predicted octanol–water partition coefficient (Wildman–Crippen LogP) is 1.38. The molecule has 24 heavy (non-hydrogen) atoms. The highest BCUT2D eigenvalue weighted by atomic mass is 16.5. The number of amides is 1. The first-order valence-corrected chi connectivity index (χ1v) is 6.90. The fourth-order valence-electron chi connectivity index (χ4n) is 1.94. The Kier molecular flexibility index (Phi) is 4.28. The van der Waals surface area contributed by atoms with Crippen LogP contribution in [0.3, 0.4) is 0 Å². The van der Waals surface area contributed by atoms with Crippen molar-refractivity contribution in [2.45, 2.75) is 0 Å². The average Bonchev–Trinajstić information content (AvgIpc) is 2.60. The number of rotatable bonds is 4. The molecule has 0 fully saturated rings. The second-order valence-corrected chi connectivity index (χ2v) is 4.68. The SMILES string of the molecule is O=C(COC(=O)c1cc2ccccc2oc1=O)Nc1ncccn1. The summed E-state index contributed by atoms with van der Waals surface area (Å²) in [6, 6.07) is 9.70. The van der Waals surface area contributed by atoms with Crippen LogP contribution < -0.4 is 10.9 Å². The van der Waals surface area contributed by atoms with E-state index < -0.39 is 24.1 Å². The minimum atomic E-state index is -0.946. The molecule has 0 aliphatic rings. The fourth-order valence-corrected chi connectivity index (χ4v) is 1.94. The Morgan fingerprint density at radius 1 is 1.12 bits per heavy atom. The number of carbonyl (C=O) groups is 2. The molecule has 0 bridgehead atoms. The van der Waals surface area contributed by atoms with Gasteiger partial charge in [0.25, 0.3) is 5.91 Å². The first-order chi connectivity index (χ1) is 11.6. The van der Waals surface area contributed by atoms with Crippen LogP contribution in [0.2, 0.25) is 0 Å². The third kappa shape index (κ3) is 3.43. The number of hydrogen-bond donors (Lipinski definition) is 1. The maximum Gasteiger partial charge on any atom is 0.351 e. The molecule has 1 N–H and O–H groups in total. The second-order valence-electron chi connectivity index (χ2n) is 4.68. The van der Waals surface area contributed by atoms with E-state index in [4.69, 9.17) is 9.15 Å². The quantitative estimate of drug-likeness (QED) is 0.569. The number of hydrogen-bond acceptors (Lipinski definition) is 7. The molecule has 3 aromatic rings. The summed E-state index contributed by atoms with van der Waals surface area (Å²) in [4.78, 5) is 43.1. The molecule has 0 saturated carbocycles. The van der Waals surface area contributed by atoms with Crippen molar-refractivity contribution >= 4 is 28.8 Å². The molecule has 120 valence electrons. The van der Waals surface area contributed by atoms with Gasteiger partial charge in [-0.2, -0.15) is 0 Å². The molecule has 0 unspecified atom stereocenters. The van der Waals surface area contributed by atoms with Crippen molar-refractivity contribution in [2.24, 2.45) is 0 Å². The van der Waals surface area contributed by atoms with Crippen molar-refractivity contribution in [1.82, 2.24) is 9.97 Å². The summed E-state index contributed by atoms with van der Waals surface area (Å²) in [5, 5.41) is 2.93. The number of anilines is 1. The van der Waals surface area contributed by atoms with Gasteiger partial charge in [-0.05, 0) is 18.2 Å². The molecule has 1 amide bonds. The first-order valence-electron chi connectivity index (χ1n) is 6.90. The molecule has 0 radical (unpaired) electrons. The minimum absolute atomic E-state index is 0.0868. The van der Waals surface area contributed by atoms with Gasteiger partial charge in [0.2, 0.25) is 5.95 Å². The van der Waals surface area contributed by atoms with Crippen LogP contribution in [0, 0.1) is 0 Å². The largest absolute Gasteiger partial charge is 0.452 e. The molecule has 0 spiro atoms. The summed E-state index contributed by atoms with van der Waals surface area (Å²) in [5.41, 5.74) is -0.749. The number of nitrogens with zero attached hydrogens (tertiary/aromatic N) is 2. The average molecular weight is 325 g/mol. The maximum absolute atomic E-state index is 12.0. The lowest BCUT2D eigenvalue weighted by Crippen LogP contribution is -2.24. The van der Waals surface area contributed by atoms with Gasteiger partial charge in [-0.15, -0.1) is 0 Å². The van der Waals surface area contributed by atoms with Crippen molar-refractivity contribution in [3.8, 4) is 0 Å². The minimum Gasteiger partial charge on any atom is -0.452 e. The highest BCUT2D eigenvalue weighted by Gasteiger charge is 2.16. The van der Waals surface area contributed by atoms with Gasteiger partial charge in [0.05, 0.1) is 0 Å². The third-order valence-electron chi connectivity index (χ3n) is 3.01. The summed E-state index contributed by atoms with van der Waals surface area (Å²) in [5.74, 6) is -1.48. The zero-order valence-electron chi connectivity index (χ0n) is 12.3. The monoisotopic (exact) mass is 325 g/mol. The summed E-state index contributed by atoms with van der Waals surface area (Å²) < 4.78 is 9.86. The van der Waals surface area contributed by atoms with E-state index in [9.17, 15) is 14.4 Å². The molecule has 2 heterocycles. The van der Waals surface area contributed by atoms with E-state index >= 15 is 0 Å². The van der Waals surface area contributed by atoms with Crippen LogP contribution in [0.5, 0.6) is 0 Å². The number of para-hydroxylation sites is 1. The van der Waals surface area contributed by atoms with Crippen LogP contribution in [-0.4, -0.2) is 28.5 Å². The molecule has 1 aromatic carbocycles. The number of fused-ring (bicyclic) bond motifs is 1. The van der Waals surface area contributed by atoms with E-state index in [-0.39, 0.29) is 11.5 Å². The van der Waals surface area contributed by atoms with Gasteiger partial charge in [-0.1, -0.05) is 18.2 Å². The van der Waals surface area contributed by atoms with E-state index in [0.717, 1.165) is 0 Å².